The molecule has 0 fully saturated rings. The first-order valence-corrected chi connectivity index (χ1v) is 3.42. The van der Waals surface area contributed by atoms with Crippen LogP contribution in [0.4, 0.5) is 23.5 Å². The molecule has 0 aliphatic heterocycles. The molecule has 0 aliphatic carbocycles. The molecular formula is C6H9BrF5S. The summed E-state index contributed by atoms with van der Waals surface area (Å²) >= 11 is 8.16. The number of hydrogen-bond acceptors (Lipinski definition) is 0. The minimum Gasteiger partial charge on any atom is -0.269 e. The molecule has 0 aromatic heterocycles. The second-order valence-corrected chi connectivity index (χ2v) is 2.84. The van der Waals surface area contributed by atoms with Crippen LogP contribution in [0.2, 0.25) is 0 Å². The highest BCUT2D eigenvalue weighted by atomic mass is 79.9. The third kappa shape index (κ3) is 11.6. The average Bonchev–Trinajstić information content (AvgIpc) is 1.64. The van der Waals surface area contributed by atoms with E-state index in [1.54, 1.807) is 0 Å². The van der Waals surface area contributed by atoms with Crippen molar-refractivity contribution in [2.75, 3.05) is 0 Å². The first-order valence-electron chi connectivity index (χ1n) is 2.21. The first kappa shape index (κ1) is 29.4. The van der Waals surface area contributed by atoms with Crippen molar-refractivity contribution in [3.8, 4) is 0 Å². The molecule has 0 unspecified atom stereocenters. The molecule has 13 heavy (non-hydrogen) atoms. The SMILES string of the molecule is F.F.F.F.F.[S]c1cccc(Br)c1. The van der Waals surface area contributed by atoms with E-state index in [1.165, 1.54) is 0 Å². The first-order chi connectivity index (χ1) is 3.79. The maximum absolute atomic E-state index is 4.87. The van der Waals surface area contributed by atoms with Gasteiger partial charge in [-0.15, -0.1) is 0 Å². The van der Waals surface area contributed by atoms with Gasteiger partial charge in [0.1, 0.15) is 0 Å². The molecule has 0 saturated heterocycles. The fraction of sp³-hybridized carbons (Fsp3) is 0. The summed E-state index contributed by atoms with van der Waals surface area (Å²) in [4.78, 5) is 0.874. The second-order valence-electron chi connectivity index (χ2n) is 1.46. The minimum atomic E-state index is 0. The fourth-order valence-electron chi connectivity index (χ4n) is 0.467. The van der Waals surface area contributed by atoms with Crippen LogP contribution in [0.3, 0.4) is 0 Å². The third-order valence-electron chi connectivity index (χ3n) is 0.796. The van der Waals surface area contributed by atoms with E-state index in [4.69, 9.17) is 12.6 Å². The van der Waals surface area contributed by atoms with E-state index in [-0.39, 0.29) is 23.5 Å². The molecule has 0 saturated carbocycles. The van der Waals surface area contributed by atoms with Crippen LogP contribution >= 0.6 is 28.6 Å². The van der Waals surface area contributed by atoms with Crippen LogP contribution < -0.4 is 0 Å². The highest BCUT2D eigenvalue weighted by molar-refractivity contribution is 9.10. The quantitative estimate of drug-likeness (QED) is 0.637. The van der Waals surface area contributed by atoms with Crippen molar-refractivity contribution < 1.29 is 23.5 Å². The van der Waals surface area contributed by atoms with Gasteiger partial charge in [-0.05, 0) is 18.2 Å². The van der Waals surface area contributed by atoms with Crippen LogP contribution in [-0.2, 0) is 0 Å². The highest BCUT2D eigenvalue weighted by Crippen LogP contribution is 2.13. The van der Waals surface area contributed by atoms with E-state index in [0.29, 0.717) is 0 Å². The Morgan fingerprint density at radius 2 is 1.38 bits per heavy atom. The van der Waals surface area contributed by atoms with Crippen molar-refractivity contribution in [3.63, 3.8) is 0 Å². The second kappa shape index (κ2) is 14.1. The molecule has 0 bridgehead atoms. The molecule has 0 atom stereocenters. The third-order valence-corrected chi connectivity index (χ3v) is 1.54. The van der Waals surface area contributed by atoms with E-state index in [2.05, 4.69) is 15.9 Å². The van der Waals surface area contributed by atoms with E-state index in [9.17, 15) is 0 Å². The molecule has 1 rings (SSSR count). The molecule has 81 valence electrons. The van der Waals surface area contributed by atoms with Crippen LogP contribution in [0, 0.1) is 0 Å². The van der Waals surface area contributed by atoms with Crippen molar-refractivity contribution in [1.82, 2.24) is 0 Å². The summed E-state index contributed by atoms with van der Waals surface area (Å²) in [5.41, 5.74) is 0. The fourth-order valence-corrected chi connectivity index (χ4v) is 1.22. The largest absolute Gasteiger partial charge is 0.269 e. The predicted molar refractivity (Wildman–Crippen MR) is 52.5 cm³/mol. The van der Waals surface area contributed by atoms with E-state index in [1.807, 2.05) is 24.3 Å². The Hall–Kier alpha value is -0.430. The molecular weight excluding hydrogens is 279 g/mol. The molecule has 1 aromatic rings. The summed E-state index contributed by atoms with van der Waals surface area (Å²) < 4.78 is 1.05. The Labute approximate surface area is 86.1 Å². The predicted octanol–water partition coefficient (Wildman–Crippen LogP) is 3.77. The molecule has 0 amide bonds. The summed E-state index contributed by atoms with van der Waals surface area (Å²) in [5, 5.41) is 0. The van der Waals surface area contributed by atoms with Gasteiger partial charge in [0.05, 0.1) is 0 Å². The normalized spacial score (nSPS) is 5.62. The Kier molecular flexibility index (Phi) is 31.9. The molecule has 1 aromatic carbocycles. The number of hydrogen-bond donors (Lipinski definition) is 0. The van der Waals surface area contributed by atoms with Crippen LogP contribution in [0.5, 0.6) is 0 Å². The van der Waals surface area contributed by atoms with Gasteiger partial charge in [0.2, 0.25) is 0 Å². The van der Waals surface area contributed by atoms with Gasteiger partial charge in [-0.25, -0.2) is 0 Å². The van der Waals surface area contributed by atoms with Gasteiger partial charge >= 0.3 is 0 Å². The molecule has 0 aliphatic rings. The van der Waals surface area contributed by atoms with Crippen LogP contribution in [0.1, 0.15) is 0 Å². The van der Waals surface area contributed by atoms with Gasteiger partial charge in [-0.3, -0.25) is 23.5 Å². The van der Waals surface area contributed by atoms with E-state index < -0.39 is 0 Å². The zero-order valence-corrected chi connectivity index (χ0v) is 8.54. The minimum absolute atomic E-state index is 0. The number of rotatable bonds is 0. The lowest BCUT2D eigenvalue weighted by atomic mass is 10.4. The van der Waals surface area contributed by atoms with Crippen molar-refractivity contribution in [2.45, 2.75) is 4.90 Å². The summed E-state index contributed by atoms with van der Waals surface area (Å²) in [5.74, 6) is 0. The van der Waals surface area contributed by atoms with Gasteiger partial charge in [0, 0.05) is 9.37 Å². The van der Waals surface area contributed by atoms with Crippen LogP contribution in [-0.4, -0.2) is 0 Å². The van der Waals surface area contributed by atoms with Gasteiger partial charge in [0.25, 0.3) is 0 Å². The summed E-state index contributed by atoms with van der Waals surface area (Å²) in [6.45, 7) is 0. The maximum Gasteiger partial charge on any atom is 0.0388 e. The zero-order chi connectivity index (χ0) is 5.98. The Morgan fingerprint density at radius 1 is 0.923 bits per heavy atom. The molecule has 0 N–H and O–H groups in total. The van der Waals surface area contributed by atoms with Crippen LogP contribution in [0.25, 0.3) is 0 Å². The summed E-state index contributed by atoms with van der Waals surface area (Å²) in [6.07, 6.45) is 0. The lowest BCUT2D eigenvalue weighted by Gasteiger charge is -1.87. The van der Waals surface area contributed by atoms with Gasteiger partial charge < -0.3 is 0 Å². The van der Waals surface area contributed by atoms with Gasteiger partial charge in [-0.2, -0.15) is 0 Å². The number of halogens is 6. The Morgan fingerprint density at radius 3 is 1.62 bits per heavy atom. The molecule has 1 radical (unpaired) electrons. The maximum atomic E-state index is 4.87. The topological polar surface area (TPSA) is 0 Å². The van der Waals surface area contributed by atoms with Gasteiger partial charge in [0.15, 0.2) is 0 Å². The molecule has 0 heterocycles. The average molecular weight is 288 g/mol. The van der Waals surface area contributed by atoms with Crippen molar-refractivity contribution >= 4 is 28.6 Å². The molecule has 0 nitrogen and oxygen atoms in total. The zero-order valence-electron chi connectivity index (χ0n) is 6.14. The van der Waals surface area contributed by atoms with Crippen molar-refractivity contribution in [1.29, 1.82) is 0 Å². The van der Waals surface area contributed by atoms with Crippen molar-refractivity contribution in [3.05, 3.63) is 28.7 Å². The summed E-state index contributed by atoms with van der Waals surface area (Å²) in [6, 6.07) is 7.66. The highest BCUT2D eigenvalue weighted by Gasteiger charge is 1.84. The lowest BCUT2D eigenvalue weighted by Crippen LogP contribution is -1.62. The van der Waals surface area contributed by atoms with E-state index in [0.717, 1.165) is 9.37 Å². The Balaban J connectivity index is -0.0000000427. The standard InChI is InChI=1S/C6H4BrS.5FH/c7-5-2-1-3-6(8)4-5;;;;;/h1-4H;5*1H. The van der Waals surface area contributed by atoms with Crippen LogP contribution in [0.15, 0.2) is 33.6 Å². The molecule has 0 spiro atoms. The molecule has 7 heteroatoms. The monoisotopic (exact) mass is 287 g/mol. The smallest absolute Gasteiger partial charge is 0.0388 e. The Bertz CT molecular complexity index is 181. The van der Waals surface area contributed by atoms with Gasteiger partial charge in [-0.1, -0.05) is 34.6 Å². The van der Waals surface area contributed by atoms with Crippen molar-refractivity contribution in [2.24, 2.45) is 0 Å². The lowest BCUT2D eigenvalue weighted by molar-refractivity contribution is 1.11. The van der Waals surface area contributed by atoms with E-state index >= 15 is 0 Å². The summed E-state index contributed by atoms with van der Waals surface area (Å²) in [7, 11) is 0. The number of benzene rings is 1.